The molecule has 1 atom stereocenters. The Labute approximate surface area is 130 Å². The Morgan fingerprint density at radius 1 is 1.38 bits per heavy atom. The molecule has 0 saturated heterocycles. The van der Waals surface area contributed by atoms with Crippen LogP contribution in [-0.2, 0) is 4.79 Å². The number of thiophene rings is 1. The highest BCUT2D eigenvalue weighted by molar-refractivity contribution is 7.99. The van der Waals surface area contributed by atoms with Crippen molar-refractivity contribution in [3.63, 3.8) is 0 Å². The molecule has 0 radical (unpaired) electrons. The second-order valence-electron chi connectivity index (χ2n) is 4.50. The molecule has 3 aromatic heterocycles. The quantitative estimate of drug-likeness (QED) is 0.735. The number of rotatable bonds is 5. The fourth-order valence-corrected chi connectivity index (χ4v) is 3.41. The van der Waals surface area contributed by atoms with Crippen LogP contribution in [0.1, 0.15) is 17.8 Å². The van der Waals surface area contributed by atoms with Gasteiger partial charge in [0.25, 0.3) is 0 Å². The predicted octanol–water partition coefficient (Wildman–Crippen LogP) is 2.76. The van der Waals surface area contributed by atoms with Gasteiger partial charge in [0.2, 0.25) is 5.91 Å². The minimum absolute atomic E-state index is 0.00594. The molecule has 108 valence electrons. The van der Waals surface area contributed by atoms with Crippen molar-refractivity contribution in [1.82, 2.24) is 19.9 Å². The van der Waals surface area contributed by atoms with E-state index >= 15 is 0 Å². The molecule has 0 bridgehead atoms. The molecular weight excluding hydrogens is 304 g/mol. The third kappa shape index (κ3) is 3.25. The van der Waals surface area contributed by atoms with Gasteiger partial charge in [-0.05, 0) is 30.5 Å². The summed E-state index contributed by atoms with van der Waals surface area (Å²) in [5, 5.41) is 13.9. The molecule has 7 heteroatoms. The first-order chi connectivity index (χ1) is 10.2. The van der Waals surface area contributed by atoms with Crippen molar-refractivity contribution in [2.75, 3.05) is 5.75 Å². The van der Waals surface area contributed by atoms with E-state index in [1.54, 1.807) is 11.3 Å². The van der Waals surface area contributed by atoms with Crippen LogP contribution in [0, 0.1) is 0 Å². The Morgan fingerprint density at radius 2 is 2.29 bits per heavy atom. The molecule has 3 heterocycles. The van der Waals surface area contributed by atoms with Crippen LogP contribution in [0.4, 0.5) is 0 Å². The number of nitrogens with zero attached hydrogens (tertiary/aromatic N) is 3. The molecule has 0 fully saturated rings. The van der Waals surface area contributed by atoms with Crippen LogP contribution in [-0.4, -0.2) is 26.3 Å². The maximum atomic E-state index is 12.0. The minimum atomic E-state index is -0.00594. The Morgan fingerprint density at radius 3 is 3.10 bits per heavy atom. The lowest BCUT2D eigenvalue weighted by atomic mass is 10.3. The topological polar surface area (TPSA) is 59.3 Å². The van der Waals surface area contributed by atoms with Crippen molar-refractivity contribution in [1.29, 1.82) is 0 Å². The van der Waals surface area contributed by atoms with Crippen LogP contribution in [0.15, 0.2) is 47.1 Å². The average Bonchev–Trinajstić information content (AvgIpc) is 3.15. The van der Waals surface area contributed by atoms with Gasteiger partial charge in [-0.25, -0.2) is 0 Å². The first-order valence-electron chi connectivity index (χ1n) is 6.49. The van der Waals surface area contributed by atoms with Crippen molar-refractivity contribution < 1.29 is 4.79 Å². The van der Waals surface area contributed by atoms with Crippen molar-refractivity contribution in [2.45, 2.75) is 18.1 Å². The summed E-state index contributed by atoms with van der Waals surface area (Å²) in [5.41, 5.74) is 0.785. The lowest BCUT2D eigenvalue weighted by molar-refractivity contribution is -0.119. The Bertz CT molecular complexity index is 738. The van der Waals surface area contributed by atoms with Gasteiger partial charge >= 0.3 is 0 Å². The highest BCUT2D eigenvalue weighted by Crippen LogP contribution is 2.19. The van der Waals surface area contributed by atoms with E-state index in [1.807, 2.05) is 53.2 Å². The number of hydrogen-bond acceptors (Lipinski definition) is 5. The lowest BCUT2D eigenvalue weighted by Gasteiger charge is -2.11. The van der Waals surface area contributed by atoms with Crippen LogP contribution >= 0.6 is 23.1 Å². The van der Waals surface area contributed by atoms with Gasteiger partial charge in [0, 0.05) is 11.1 Å². The summed E-state index contributed by atoms with van der Waals surface area (Å²) in [7, 11) is 0. The number of carbonyl (C=O) groups excluding carboxylic acids is 1. The van der Waals surface area contributed by atoms with E-state index in [1.165, 1.54) is 11.8 Å². The summed E-state index contributed by atoms with van der Waals surface area (Å²) >= 11 is 3.03. The molecular formula is C14H14N4OS2. The number of thioether (sulfide) groups is 1. The van der Waals surface area contributed by atoms with E-state index in [2.05, 4.69) is 15.5 Å². The zero-order chi connectivity index (χ0) is 14.7. The number of carbonyl (C=O) groups is 1. The van der Waals surface area contributed by atoms with Crippen molar-refractivity contribution in [3.8, 4) is 0 Å². The molecule has 3 rings (SSSR count). The molecule has 0 unspecified atom stereocenters. The van der Waals surface area contributed by atoms with Gasteiger partial charge in [0.15, 0.2) is 10.8 Å². The van der Waals surface area contributed by atoms with Crippen molar-refractivity contribution in [2.24, 2.45) is 0 Å². The molecule has 1 N–H and O–H groups in total. The molecule has 3 aromatic rings. The second-order valence-corrected chi connectivity index (χ2v) is 6.43. The molecule has 1 amide bonds. The third-order valence-corrected chi connectivity index (χ3v) is 4.96. The van der Waals surface area contributed by atoms with Crippen LogP contribution in [0.5, 0.6) is 0 Å². The predicted molar refractivity (Wildman–Crippen MR) is 84.6 cm³/mol. The summed E-state index contributed by atoms with van der Waals surface area (Å²) in [4.78, 5) is 13.1. The van der Waals surface area contributed by atoms with E-state index < -0.39 is 0 Å². The zero-order valence-electron chi connectivity index (χ0n) is 11.4. The summed E-state index contributed by atoms with van der Waals surface area (Å²) in [5.74, 6) is 0.319. The standard InChI is InChI=1S/C14H14N4OS2/c1-10(11-5-4-8-20-11)15-13(19)9-21-14-17-16-12-6-2-3-7-18(12)14/h2-8,10H,9H2,1H3,(H,15,19)/t10-/m0/s1. The molecule has 21 heavy (non-hydrogen) atoms. The highest BCUT2D eigenvalue weighted by atomic mass is 32.2. The fourth-order valence-electron chi connectivity index (χ4n) is 1.94. The Balaban J connectivity index is 1.58. The van der Waals surface area contributed by atoms with E-state index in [4.69, 9.17) is 0 Å². The molecule has 0 spiro atoms. The normalized spacial score (nSPS) is 12.4. The van der Waals surface area contributed by atoms with E-state index in [9.17, 15) is 4.79 Å². The maximum Gasteiger partial charge on any atom is 0.230 e. The lowest BCUT2D eigenvalue weighted by Crippen LogP contribution is -2.27. The van der Waals surface area contributed by atoms with E-state index in [0.717, 1.165) is 15.7 Å². The van der Waals surface area contributed by atoms with E-state index in [-0.39, 0.29) is 11.9 Å². The number of aromatic nitrogens is 3. The van der Waals surface area contributed by atoms with Gasteiger partial charge in [-0.1, -0.05) is 23.9 Å². The molecule has 0 aromatic carbocycles. The molecule has 0 saturated carbocycles. The monoisotopic (exact) mass is 318 g/mol. The average molecular weight is 318 g/mol. The smallest absolute Gasteiger partial charge is 0.230 e. The van der Waals surface area contributed by atoms with Crippen molar-refractivity contribution in [3.05, 3.63) is 46.8 Å². The zero-order valence-corrected chi connectivity index (χ0v) is 13.0. The number of hydrogen-bond donors (Lipinski definition) is 1. The van der Waals surface area contributed by atoms with Crippen molar-refractivity contribution >= 4 is 34.7 Å². The van der Waals surface area contributed by atoms with Crippen LogP contribution < -0.4 is 5.32 Å². The van der Waals surface area contributed by atoms with Gasteiger partial charge in [0.05, 0.1) is 11.8 Å². The summed E-state index contributed by atoms with van der Waals surface area (Å²) in [6.45, 7) is 1.99. The molecule has 0 aliphatic carbocycles. The summed E-state index contributed by atoms with van der Waals surface area (Å²) in [6, 6.07) is 9.76. The van der Waals surface area contributed by atoms with Gasteiger partial charge in [0.1, 0.15) is 0 Å². The summed E-state index contributed by atoms with van der Waals surface area (Å²) in [6.07, 6.45) is 1.89. The van der Waals surface area contributed by atoms with E-state index in [0.29, 0.717) is 5.75 Å². The first-order valence-corrected chi connectivity index (χ1v) is 8.36. The largest absolute Gasteiger partial charge is 0.348 e. The minimum Gasteiger partial charge on any atom is -0.348 e. The number of amides is 1. The number of nitrogens with one attached hydrogen (secondary N) is 1. The fraction of sp³-hybridized carbons (Fsp3) is 0.214. The second kappa shape index (κ2) is 6.28. The van der Waals surface area contributed by atoms with Crippen LogP contribution in [0.25, 0.3) is 5.65 Å². The van der Waals surface area contributed by atoms with Gasteiger partial charge in [-0.2, -0.15) is 0 Å². The van der Waals surface area contributed by atoms with Gasteiger partial charge in [-0.15, -0.1) is 21.5 Å². The summed E-state index contributed by atoms with van der Waals surface area (Å²) < 4.78 is 1.88. The SMILES string of the molecule is C[C@H](NC(=O)CSc1nnc2ccccn12)c1cccs1. The Kier molecular flexibility index (Phi) is 4.21. The highest BCUT2D eigenvalue weighted by Gasteiger charge is 2.12. The maximum absolute atomic E-state index is 12.0. The van der Waals surface area contributed by atoms with Gasteiger partial charge < -0.3 is 5.32 Å². The van der Waals surface area contributed by atoms with Crippen LogP contribution in [0.2, 0.25) is 0 Å². The molecule has 0 aliphatic rings. The molecule has 0 aliphatic heterocycles. The first kappa shape index (κ1) is 14.1. The number of pyridine rings is 1. The van der Waals surface area contributed by atoms with Gasteiger partial charge in [-0.3, -0.25) is 9.20 Å². The third-order valence-electron chi connectivity index (χ3n) is 2.96. The molecule has 5 nitrogen and oxygen atoms in total. The number of fused-ring (bicyclic) bond motifs is 1. The Hall–Kier alpha value is -1.86. The van der Waals surface area contributed by atoms with Crippen LogP contribution in [0.3, 0.4) is 0 Å².